The fourth-order valence-electron chi connectivity index (χ4n) is 1.02. The largest absolute Gasteiger partial charge is 0.426 e. The summed E-state index contributed by atoms with van der Waals surface area (Å²) in [4.78, 5) is 0. The Hall–Kier alpha value is -1.09. The molecule has 0 aliphatic heterocycles. The molecule has 0 amide bonds. The number of hydrogen-bond donors (Lipinski definition) is 0. The van der Waals surface area contributed by atoms with E-state index in [1.54, 1.807) is 0 Å². The van der Waals surface area contributed by atoms with E-state index >= 15 is 0 Å². The van der Waals surface area contributed by atoms with Crippen LogP contribution in [0.5, 0.6) is 0 Å². The minimum Gasteiger partial charge on any atom is -0.306 e. The Morgan fingerprint density at radius 3 is 1.29 bits per heavy atom. The zero-order valence-corrected chi connectivity index (χ0v) is 10.4. The number of halogens is 15. The number of ether oxygens (including phenoxy) is 1. The van der Waals surface area contributed by atoms with Gasteiger partial charge in [0, 0.05) is 0 Å². The Morgan fingerprint density at radius 1 is 0.625 bits per heavy atom. The summed E-state index contributed by atoms with van der Waals surface area (Å²) in [6, 6.07) is 0. The van der Waals surface area contributed by atoms with Gasteiger partial charge in [-0.05, 0) is 0 Å². The first kappa shape index (κ1) is 22.9. The first-order valence-corrected chi connectivity index (χ1v) is 5.04. The standard InChI is InChI=1S/C8H3F15O/c9-2(5(15,16)17)4(13,14)6(18,19)7(20,21)8(22,23)24-1-3(10,11)12/h2H,1H2. The van der Waals surface area contributed by atoms with Crippen molar-refractivity contribution < 1.29 is 70.6 Å². The maximum atomic E-state index is 12.8. The highest BCUT2D eigenvalue weighted by Crippen LogP contribution is 2.56. The molecule has 0 heterocycles. The van der Waals surface area contributed by atoms with E-state index in [1.165, 1.54) is 0 Å². The molecular formula is C8H3F15O. The summed E-state index contributed by atoms with van der Waals surface area (Å²) < 4.78 is 186. The summed E-state index contributed by atoms with van der Waals surface area (Å²) >= 11 is 0. The smallest absolute Gasteiger partial charge is 0.306 e. The minimum absolute atomic E-state index is 2.08. The zero-order valence-electron chi connectivity index (χ0n) is 10.4. The summed E-state index contributed by atoms with van der Waals surface area (Å²) in [7, 11) is 0. The molecule has 0 fully saturated rings. The Morgan fingerprint density at radius 2 is 1.00 bits per heavy atom. The van der Waals surface area contributed by atoms with E-state index in [0.29, 0.717) is 0 Å². The lowest BCUT2D eigenvalue weighted by atomic mass is 9.99. The highest BCUT2D eigenvalue weighted by molar-refractivity contribution is 5.05. The average molecular weight is 400 g/mol. The molecule has 0 saturated heterocycles. The molecule has 0 aromatic rings. The number of hydrogen-bond acceptors (Lipinski definition) is 1. The van der Waals surface area contributed by atoms with Gasteiger partial charge in [0.25, 0.3) is 6.17 Å². The molecule has 0 rings (SSSR count). The highest BCUT2D eigenvalue weighted by atomic mass is 19.4. The van der Waals surface area contributed by atoms with Gasteiger partial charge in [-0.3, -0.25) is 0 Å². The van der Waals surface area contributed by atoms with Gasteiger partial charge >= 0.3 is 36.2 Å². The van der Waals surface area contributed by atoms with Crippen LogP contribution in [0.1, 0.15) is 0 Å². The Labute approximate surface area is 121 Å². The topological polar surface area (TPSA) is 9.23 Å². The first-order valence-electron chi connectivity index (χ1n) is 5.04. The van der Waals surface area contributed by atoms with Crippen molar-refractivity contribution in [3.8, 4) is 0 Å². The maximum absolute atomic E-state index is 12.8. The molecule has 0 bridgehead atoms. The van der Waals surface area contributed by atoms with Crippen molar-refractivity contribution in [3.63, 3.8) is 0 Å². The van der Waals surface area contributed by atoms with E-state index in [0.717, 1.165) is 0 Å². The van der Waals surface area contributed by atoms with Crippen molar-refractivity contribution in [2.75, 3.05) is 6.61 Å². The molecule has 1 nitrogen and oxygen atoms in total. The van der Waals surface area contributed by atoms with E-state index in [1.807, 2.05) is 0 Å². The third-order valence-electron chi connectivity index (χ3n) is 2.20. The fourth-order valence-corrected chi connectivity index (χ4v) is 1.02. The average Bonchev–Trinajstić information content (AvgIpc) is 2.32. The molecule has 0 aromatic carbocycles. The van der Waals surface area contributed by atoms with Crippen LogP contribution < -0.4 is 0 Å². The fraction of sp³-hybridized carbons (Fsp3) is 1.00. The van der Waals surface area contributed by atoms with Gasteiger partial charge in [-0.15, -0.1) is 0 Å². The third kappa shape index (κ3) is 4.11. The monoisotopic (exact) mass is 400 g/mol. The van der Waals surface area contributed by atoms with Gasteiger partial charge in [0.1, 0.15) is 6.61 Å². The van der Waals surface area contributed by atoms with Crippen LogP contribution >= 0.6 is 0 Å². The van der Waals surface area contributed by atoms with Gasteiger partial charge in [0.15, 0.2) is 0 Å². The third-order valence-corrected chi connectivity index (χ3v) is 2.20. The van der Waals surface area contributed by atoms with Crippen LogP contribution in [0, 0.1) is 0 Å². The predicted molar refractivity (Wildman–Crippen MR) is 42.7 cm³/mol. The second kappa shape index (κ2) is 6.01. The Kier molecular flexibility index (Phi) is 5.74. The van der Waals surface area contributed by atoms with Gasteiger partial charge in [0.2, 0.25) is 0 Å². The SMILES string of the molecule is FC(C(F)(F)F)C(F)(F)C(F)(F)C(F)(F)C(F)(F)OCC(F)(F)F. The van der Waals surface area contributed by atoms with Crippen LogP contribution in [0.4, 0.5) is 65.9 Å². The summed E-state index contributed by atoms with van der Waals surface area (Å²) in [5, 5.41) is 0. The molecule has 0 aliphatic rings. The normalized spacial score (nSPS) is 17.1. The van der Waals surface area contributed by atoms with Crippen molar-refractivity contribution >= 4 is 0 Å². The first-order chi connectivity index (χ1) is 10.1. The van der Waals surface area contributed by atoms with Crippen LogP contribution in [-0.4, -0.2) is 49.0 Å². The summed E-state index contributed by atoms with van der Waals surface area (Å²) in [6.45, 7) is -3.34. The molecule has 0 N–H and O–H groups in total. The van der Waals surface area contributed by atoms with Crippen LogP contribution in [0.2, 0.25) is 0 Å². The number of alkyl halides is 15. The van der Waals surface area contributed by atoms with Crippen molar-refractivity contribution in [1.29, 1.82) is 0 Å². The Bertz CT molecular complexity index is 432. The van der Waals surface area contributed by atoms with Crippen molar-refractivity contribution in [3.05, 3.63) is 0 Å². The molecular weight excluding hydrogens is 397 g/mol. The molecule has 0 radical (unpaired) electrons. The molecule has 0 saturated carbocycles. The molecule has 24 heavy (non-hydrogen) atoms. The second-order valence-electron chi connectivity index (χ2n) is 4.10. The Balaban J connectivity index is 5.80. The van der Waals surface area contributed by atoms with Crippen LogP contribution in [0.15, 0.2) is 0 Å². The molecule has 0 spiro atoms. The summed E-state index contributed by atoms with van der Waals surface area (Å²) in [5.41, 5.74) is 0. The van der Waals surface area contributed by atoms with Crippen molar-refractivity contribution in [1.82, 2.24) is 0 Å². The van der Waals surface area contributed by atoms with Crippen molar-refractivity contribution in [2.24, 2.45) is 0 Å². The van der Waals surface area contributed by atoms with Gasteiger partial charge in [-0.2, -0.15) is 61.5 Å². The molecule has 1 atom stereocenters. The zero-order chi connectivity index (χ0) is 20.0. The van der Waals surface area contributed by atoms with E-state index in [9.17, 15) is 65.9 Å². The minimum atomic E-state index is -7.77. The summed E-state index contributed by atoms with van der Waals surface area (Å²) in [5.74, 6) is -22.9. The molecule has 0 aliphatic carbocycles. The lowest BCUT2D eigenvalue weighted by Crippen LogP contribution is -2.67. The van der Waals surface area contributed by atoms with Crippen LogP contribution in [0.25, 0.3) is 0 Å². The van der Waals surface area contributed by atoms with Gasteiger partial charge in [-0.1, -0.05) is 0 Å². The molecule has 0 aromatic heterocycles. The van der Waals surface area contributed by atoms with E-state index in [2.05, 4.69) is 4.74 Å². The second-order valence-corrected chi connectivity index (χ2v) is 4.10. The van der Waals surface area contributed by atoms with Gasteiger partial charge in [0.05, 0.1) is 0 Å². The lowest BCUT2D eigenvalue weighted by Gasteiger charge is -2.37. The van der Waals surface area contributed by atoms with Gasteiger partial charge < -0.3 is 4.74 Å². The molecule has 1 unspecified atom stereocenters. The lowest BCUT2D eigenvalue weighted by molar-refractivity contribution is -0.445. The molecule has 16 heteroatoms. The maximum Gasteiger partial charge on any atom is 0.426 e. The quantitative estimate of drug-likeness (QED) is 0.573. The summed E-state index contributed by atoms with van der Waals surface area (Å²) in [6.07, 6.45) is -25.7. The number of rotatable bonds is 6. The van der Waals surface area contributed by atoms with Crippen LogP contribution in [-0.2, 0) is 4.74 Å². The predicted octanol–water partition coefficient (Wildman–Crippen LogP) is 4.96. The molecule has 146 valence electrons. The van der Waals surface area contributed by atoms with E-state index in [-0.39, 0.29) is 0 Å². The van der Waals surface area contributed by atoms with E-state index in [4.69, 9.17) is 0 Å². The highest BCUT2D eigenvalue weighted by Gasteiger charge is 2.85. The van der Waals surface area contributed by atoms with Crippen LogP contribution in [0.3, 0.4) is 0 Å². The van der Waals surface area contributed by atoms with Gasteiger partial charge in [-0.25, -0.2) is 4.39 Å². The van der Waals surface area contributed by atoms with Crippen molar-refractivity contribution in [2.45, 2.75) is 42.4 Å². The van der Waals surface area contributed by atoms with E-state index < -0.39 is 49.0 Å².